The van der Waals surface area contributed by atoms with Gasteiger partial charge < -0.3 is 0 Å². The number of rotatable bonds is 4. The normalized spacial score (nSPS) is 10.5. The summed E-state index contributed by atoms with van der Waals surface area (Å²) in [5.41, 5.74) is 3.10. The third-order valence-corrected chi connectivity index (χ3v) is 3.74. The molecular formula is C18H15N3O3. The average molecular weight is 321 g/mol. The van der Waals surface area contributed by atoms with Crippen LogP contribution >= 0.6 is 0 Å². The number of aryl methyl sites for hydroxylation is 1. The molecule has 0 aliphatic rings. The minimum Gasteiger partial charge on any atom is -0.268 e. The summed E-state index contributed by atoms with van der Waals surface area (Å²) >= 11 is 0. The van der Waals surface area contributed by atoms with Gasteiger partial charge >= 0.3 is 0 Å². The van der Waals surface area contributed by atoms with Gasteiger partial charge in [-0.1, -0.05) is 36.4 Å². The first-order chi connectivity index (χ1) is 11.5. The Morgan fingerprint density at radius 1 is 1.08 bits per heavy atom. The Balaban J connectivity index is 1.99. The van der Waals surface area contributed by atoms with Gasteiger partial charge in [-0.15, -0.1) is 0 Å². The SMILES string of the molecule is Cc1ccccc1-c1ccc(=O)n(Cc2cccc([N+](=O)[O-])c2)n1. The van der Waals surface area contributed by atoms with Crippen LogP contribution in [-0.4, -0.2) is 14.7 Å². The van der Waals surface area contributed by atoms with Gasteiger partial charge in [-0.05, 0) is 24.1 Å². The number of non-ortho nitro benzene ring substituents is 1. The van der Waals surface area contributed by atoms with E-state index in [-0.39, 0.29) is 17.8 Å². The fourth-order valence-corrected chi connectivity index (χ4v) is 2.51. The Morgan fingerprint density at radius 2 is 1.88 bits per heavy atom. The van der Waals surface area contributed by atoms with Gasteiger partial charge in [-0.25, -0.2) is 4.68 Å². The molecule has 0 aliphatic heterocycles. The predicted octanol–water partition coefficient (Wildman–Crippen LogP) is 3.18. The zero-order valence-corrected chi connectivity index (χ0v) is 13.0. The third kappa shape index (κ3) is 3.22. The van der Waals surface area contributed by atoms with Gasteiger partial charge in [0, 0.05) is 23.8 Å². The number of nitro groups is 1. The highest BCUT2D eigenvalue weighted by atomic mass is 16.6. The van der Waals surface area contributed by atoms with Crippen molar-refractivity contribution < 1.29 is 4.92 Å². The van der Waals surface area contributed by atoms with E-state index in [0.29, 0.717) is 11.3 Å². The maximum Gasteiger partial charge on any atom is 0.269 e. The van der Waals surface area contributed by atoms with E-state index in [1.165, 1.54) is 22.9 Å². The molecule has 120 valence electrons. The Hall–Kier alpha value is -3.28. The second kappa shape index (κ2) is 6.45. The molecule has 0 spiro atoms. The number of aromatic nitrogens is 2. The van der Waals surface area contributed by atoms with Crippen molar-refractivity contribution in [3.05, 3.63) is 92.3 Å². The molecule has 2 aromatic carbocycles. The second-order valence-corrected chi connectivity index (χ2v) is 5.46. The third-order valence-electron chi connectivity index (χ3n) is 3.74. The van der Waals surface area contributed by atoms with Gasteiger partial charge in [0.2, 0.25) is 0 Å². The zero-order chi connectivity index (χ0) is 17.1. The van der Waals surface area contributed by atoms with E-state index in [1.54, 1.807) is 18.2 Å². The molecule has 0 bridgehead atoms. The number of benzene rings is 2. The van der Waals surface area contributed by atoms with Crippen molar-refractivity contribution in [2.45, 2.75) is 13.5 Å². The summed E-state index contributed by atoms with van der Waals surface area (Å²) in [6.07, 6.45) is 0. The molecule has 3 aromatic rings. The van der Waals surface area contributed by atoms with Crippen molar-refractivity contribution in [2.24, 2.45) is 0 Å². The lowest BCUT2D eigenvalue weighted by Gasteiger charge is -2.09. The van der Waals surface area contributed by atoms with E-state index < -0.39 is 4.92 Å². The van der Waals surface area contributed by atoms with Crippen LogP contribution in [0.4, 0.5) is 5.69 Å². The summed E-state index contributed by atoms with van der Waals surface area (Å²) < 4.78 is 1.32. The summed E-state index contributed by atoms with van der Waals surface area (Å²) in [7, 11) is 0. The lowest BCUT2D eigenvalue weighted by molar-refractivity contribution is -0.384. The maximum atomic E-state index is 12.1. The van der Waals surface area contributed by atoms with Gasteiger partial charge in [-0.2, -0.15) is 5.10 Å². The fraction of sp³-hybridized carbons (Fsp3) is 0.111. The average Bonchev–Trinajstić information content (AvgIpc) is 2.58. The molecule has 0 saturated carbocycles. The van der Waals surface area contributed by atoms with E-state index in [2.05, 4.69) is 5.10 Å². The quantitative estimate of drug-likeness (QED) is 0.546. The van der Waals surface area contributed by atoms with Crippen LogP contribution in [0.2, 0.25) is 0 Å². The Bertz CT molecular complexity index is 963. The van der Waals surface area contributed by atoms with Gasteiger partial charge in [0.1, 0.15) is 0 Å². The molecule has 6 heteroatoms. The fourth-order valence-electron chi connectivity index (χ4n) is 2.51. The van der Waals surface area contributed by atoms with Crippen LogP contribution in [-0.2, 0) is 6.54 Å². The smallest absolute Gasteiger partial charge is 0.268 e. The molecule has 1 aromatic heterocycles. The molecule has 0 aliphatic carbocycles. The highest BCUT2D eigenvalue weighted by Gasteiger charge is 2.09. The number of hydrogen-bond acceptors (Lipinski definition) is 4. The molecule has 1 heterocycles. The van der Waals surface area contributed by atoms with Crippen LogP contribution in [0, 0.1) is 17.0 Å². The van der Waals surface area contributed by atoms with E-state index in [4.69, 9.17) is 0 Å². The molecule has 0 radical (unpaired) electrons. The summed E-state index contributed by atoms with van der Waals surface area (Å²) in [4.78, 5) is 22.5. The zero-order valence-electron chi connectivity index (χ0n) is 13.0. The van der Waals surface area contributed by atoms with E-state index in [0.717, 1.165) is 11.1 Å². The van der Waals surface area contributed by atoms with Crippen LogP contribution in [0.1, 0.15) is 11.1 Å². The maximum absolute atomic E-state index is 12.1. The molecule has 3 rings (SSSR count). The second-order valence-electron chi connectivity index (χ2n) is 5.46. The summed E-state index contributed by atoms with van der Waals surface area (Å²) in [6, 6.07) is 17.1. The molecule has 0 fully saturated rings. The first kappa shape index (κ1) is 15.6. The topological polar surface area (TPSA) is 78.0 Å². The van der Waals surface area contributed by atoms with Gasteiger partial charge in [0.05, 0.1) is 17.2 Å². The van der Waals surface area contributed by atoms with Crippen molar-refractivity contribution in [1.29, 1.82) is 0 Å². The first-order valence-electron chi connectivity index (χ1n) is 7.42. The van der Waals surface area contributed by atoms with E-state index >= 15 is 0 Å². The van der Waals surface area contributed by atoms with Crippen molar-refractivity contribution in [3.63, 3.8) is 0 Å². The summed E-state index contributed by atoms with van der Waals surface area (Å²) in [5, 5.41) is 15.3. The van der Waals surface area contributed by atoms with Crippen LogP contribution < -0.4 is 5.56 Å². The lowest BCUT2D eigenvalue weighted by Crippen LogP contribution is -2.22. The minimum absolute atomic E-state index is 0.00407. The van der Waals surface area contributed by atoms with E-state index in [9.17, 15) is 14.9 Å². The standard InChI is InChI=1S/C18H15N3O3/c1-13-5-2-3-8-16(13)17-9-10-18(22)20(19-17)12-14-6-4-7-15(11-14)21(23)24/h2-11H,12H2,1H3. The van der Waals surface area contributed by atoms with Crippen LogP contribution in [0.3, 0.4) is 0 Å². The Kier molecular flexibility index (Phi) is 4.20. The molecular weight excluding hydrogens is 306 g/mol. The Morgan fingerprint density at radius 3 is 2.62 bits per heavy atom. The number of nitrogens with zero attached hydrogens (tertiary/aromatic N) is 3. The molecule has 0 amide bonds. The molecule has 0 saturated heterocycles. The van der Waals surface area contributed by atoms with Crippen LogP contribution in [0.25, 0.3) is 11.3 Å². The largest absolute Gasteiger partial charge is 0.269 e. The summed E-state index contributed by atoms with van der Waals surface area (Å²) in [5.74, 6) is 0. The van der Waals surface area contributed by atoms with Crippen LogP contribution in [0.15, 0.2) is 65.5 Å². The van der Waals surface area contributed by atoms with Gasteiger partial charge in [0.15, 0.2) is 0 Å². The van der Waals surface area contributed by atoms with Crippen LogP contribution in [0.5, 0.6) is 0 Å². The molecule has 24 heavy (non-hydrogen) atoms. The number of nitro benzene ring substituents is 1. The summed E-state index contributed by atoms with van der Waals surface area (Å²) in [6.45, 7) is 2.16. The van der Waals surface area contributed by atoms with Crippen molar-refractivity contribution in [1.82, 2.24) is 9.78 Å². The van der Waals surface area contributed by atoms with Crippen molar-refractivity contribution in [2.75, 3.05) is 0 Å². The molecule has 0 atom stereocenters. The molecule has 6 nitrogen and oxygen atoms in total. The highest BCUT2D eigenvalue weighted by Crippen LogP contribution is 2.20. The van der Waals surface area contributed by atoms with Gasteiger partial charge in [0.25, 0.3) is 11.2 Å². The Labute approximate surface area is 138 Å². The molecule has 0 unspecified atom stereocenters. The minimum atomic E-state index is -0.455. The van der Waals surface area contributed by atoms with Crippen molar-refractivity contribution >= 4 is 5.69 Å². The van der Waals surface area contributed by atoms with Crippen molar-refractivity contribution in [3.8, 4) is 11.3 Å². The predicted molar refractivity (Wildman–Crippen MR) is 90.9 cm³/mol. The number of hydrogen-bond donors (Lipinski definition) is 0. The lowest BCUT2D eigenvalue weighted by atomic mass is 10.1. The first-order valence-corrected chi connectivity index (χ1v) is 7.42. The monoisotopic (exact) mass is 321 g/mol. The highest BCUT2D eigenvalue weighted by molar-refractivity contribution is 5.62. The van der Waals surface area contributed by atoms with E-state index in [1.807, 2.05) is 31.2 Å². The van der Waals surface area contributed by atoms with Gasteiger partial charge in [-0.3, -0.25) is 14.9 Å². The molecule has 0 N–H and O–H groups in total.